The first kappa shape index (κ1) is 10.2. The van der Waals surface area contributed by atoms with Crippen molar-refractivity contribution < 1.29 is 4.52 Å². The maximum absolute atomic E-state index is 6.13. The summed E-state index contributed by atoms with van der Waals surface area (Å²) in [5.74, 6) is 0.275. The minimum atomic E-state index is 0.275. The molecular weight excluding hydrogens is 240 g/mol. The van der Waals surface area contributed by atoms with E-state index < -0.39 is 0 Å². The maximum Gasteiger partial charge on any atom is 0.229 e. The molecular formula is C11H9ClN4O. The zero-order chi connectivity index (χ0) is 12.0. The summed E-state index contributed by atoms with van der Waals surface area (Å²) < 4.78 is 6.60. The molecule has 0 saturated carbocycles. The van der Waals surface area contributed by atoms with Crippen LogP contribution in [0.2, 0.25) is 5.15 Å². The van der Waals surface area contributed by atoms with Gasteiger partial charge in [-0.15, -0.1) is 0 Å². The molecule has 0 fully saturated rings. The van der Waals surface area contributed by atoms with Crippen LogP contribution >= 0.6 is 11.6 Å². The van der Waals surface area contributed by atoms with Gasteiger partial charge in [0.2, 0.25) is 5.88 Å². The number of fused-ring (bicyclic) bond motifs is 1. The molecule has 0 aliphatic rings. The smallest absolute Gasteiger partial charge is 0.229 e. The van der Waals surface area contributed by atoms with Gasteiger partial charge in [0.15, 0.2) is 5.15 Å². The lowest BCUT2D eigenvalue weighted by atomic mass is 10.0. The third-order valence-electron chi connectivity index (χ3n) is 2.72. The van der Waals surface area contributed by atoms with E-state index in [-0.39, 0.29) is 5.88 Å². The van der Waals surface area contributed by atoms with Crippen LogP contribution in [0.3, 0.4) is 0 Å². The molecule has 2 aromatic heterocycles. The summed E-state index contributed by atoms with van der Waals surface area (Å²) in [5, 5.41) is 9.15. The summed E-state index contributed by atoms with van der Waals surface area (Å²) in [6, 6.07) is 5.78. The lowest BCUT2D eigenvalue weighted by Crippen LogP contribution is -1.89. The first-order valence-corrected chi connectivity index (χ1v) is 5.38. The van der Waals surface area contributed by atoms with Gasteiger partial charge in [-0.2, -0.15) is 5.10 Å². The zero-order valence-electron chi connectivity index (χ0n) is 9.01. The van der Waals surface area contributed by atoms with E-state index in [2.05, 4.69) is 10.3 Å². The Bertz CT molecular complexity index is 701. The highest BCUT2D eigenvalue weighted by Crippen LogP contribution is 2.35. The number of hydrogen-bond donors (Lipinski definition) is 1. The number of halogens is 1. The predicted molar refractivity (Wildman–Crippen MR) is 65.6 cm³/mol. The standard InChI is InChI=1S/C11H9ClN4O/c1-16-8-4-2-3-6(9(8)10(12)15-16)7-5-14-17-11(7)13/h2-5H,13H2,1H3. The molecule has 0 atom stereocenters. The first-order valence-electron chi connectivity index (χ1n) is 5.00. The molecule has 3 rings (SSSR count). The highest BCUT2D eigenvalue weighted by atomic mass is 35.5. The van der Waals surface area contributed by atoms with Crippen molar-refractivity contribution in [2.24, 2.45) is 7.05 Å². The third kappa shape index (κ3) is 1.39. The van der Waals surface area contributed by atoms with Gasteiger partial charge in [0, 0.05) is 18.0 Å². The summed E-state index contributed by atoms with van der Waals surface area (Å²) in [5.41, 5.74) is 8.26. The van der Waals surface area contributed by atoms with E-state index >= 15 is 0 Å². The van der Waals surface area contributed by atoms with Crippen LogP contribution in [0.15, 0.2) is 28.9 Å². The van der Waals surface area contributed by atoms with Crippen molar-refractivity contribution in [3.05, 3.63) is 29.5 Å². The normalized spacial score (nSPS) is 11.2. The van der Waals surface area contributed by atoms with Gasteiger partial charge in [-0.25, -0.2) is 0 Å². The lowest BCUT2D eigenvalue weighted by molar-refractivity contribution is 0.436. The van der Waals surface area contributed by atoms with Gasteiger partial charge in [-0.3, -0.25) is 4.68 Å². The molecule has 0 radical (unpaired) electrons. The van der Waals surface area contributed by atoms with Crippen LogP contribution in [0.1, 0.15) is 0 Å². The average Bonchev–Trinajstić information content (AvgIpc) is 2.85. The van der Waals surface area contributed by atoms with Gasteiger partial charge in [0.25, 0.3) is 0 Å². The van der Waals surface area contributed by atoms with Gasteiger partial charge in [-0.05, 0) is 6.07 Å². The molecule has 2 N–H and O–H groups in total. The number of aryl methyl sites for hydroxylation is 1. The molecule has 0 bridgehead atoms. The molecule has 0 saturated heterocycles. The van der Waals surface area contributed by atoms with Gasteiger partial charge < -0.3 is 10.3 Å². The van der Waals surface area contributed by atoms with Crippen LogP contribution in [0.5, 0.6) is 0 Å². The molecule has 2 heterocycles. The Morgan fingerprint density at radius 1 is 1.35 bits per heavy atom. The van der Waals surface area contributed by atoms with Crippen molar-refractivity contribution in [2.45, 2.75) is 0 Å². The van der Waals surface area contributed by atoms with Crippen molar-refractivity contribution >= 4 is 28.4 Å². The number of benzene rings is 1. The summed E-state index contributed by atoms with van der Waals surface area (Å²) in [4.78, 5) is 0. The van der Waals surface area contributed by atoms with Crippen LogP contribution in [0, 0.1) is 0 Å². The minimum Gasteiger partial charge on any atom is -0.367 e. The second kappa shape index (κ2) is 3.49. The lowest BCUT2D eigenvalue weighted by Gasteiger charge is -2.01. The molecule has 5 nitrogen and oxygen atoms in total. The topological polar surface area (TPSA) is 69.9 Å². The van der Waals surface area contributed by atoms with Crippen LogP contribution in [-0.2, 0) is 7.05 Å². The van der Waals surface area contributed by atoms with Gasteiger partial charge >= 0.3 is 0 Å². The first-order chi connectivity index (χ1) is 8.18. The fourth-order valence-corrected chi connectivity index (χ4v) is 2.25. The van der Waals surface area contributed by atoms with Crippen molar-refractivity contribution in [1.29, 1.82) is 0 Å². The van der Waals surface area contributed by atoms with Gasteiger partial charge in [0.1, 0.15) is 0 Å². The molecule has 1 aromatic carbocycles. The number of anilines is 1. The number of nitrogen functional groups attached to an aromatic ring is 1. The molecule has 0 unspecified atom stereocenters. The number of nitrogens with two attached hydrogens (primary N) is 1. The molecule has 0 amide bonds. The summed E-state index contributed by atoms with van der Waals surface area (Å²) >= 11 is 6.13. The minimum absolute atomic E-state index is 0.275. The van der Waals surface area contributed by atoms with E-state index in [1.165, 1.54) is 0 Å². The Kier molecular flexibility index (Phi) is 2.09. The van der Waals surface area contributed by atoms with E-state index in [4.69, 9.17) is 21.9 Å². The molecule has 0 spiro atoms. The monoisotopic (exact) mass is 248 g/mol. The maximum atomic E-state index is 6.13. The van der Waals surface area contributed by atoms with E-state index in [1.807, 2.05) is 25.2 Å². The average molecular weight is 249 g/mol. The Morgan fingerprint density at radius 2 is 2.18 bits per heavy atom. The molecule has 3 aromatic rings. The van der Waals surface area contributed by atoms with Crippen LogP contribution in [0.4, 0.5) is 5.88 Å². The van der Waals surface area contributed by atoms with Crippen LogP contribution in [-0.4, -0.2) is 14.9 Å². The quantitative estimate of drug-likeness (QED) is 0.718. The van der Waals surface area contributed by atoms with E-state index in [0.717, 1.165) is 22.0 Å². The number of aromatic nitrogens is 3. The van der Waals surface area contributed by atoms with Crippen molar-refractivity contribution in [2.75, 3.05) is 5.73 Å². The highest BCUT2D eigenvalue weighted by molar-refractivity contribution is 6.35. The molecule has 6 heteroatoms. The van der Waals surface area contributed by atoms with Gasteiger partial charge in [0.05, 0.1) is 17.3 Å². The summed E-state index contributed by atoms with van der Waals surface area (Å²) in [6.07, 6.45) is 1.58. The highest BCUT2D eigenvalue weighted by Gasteiger charge is 2.15. The number of nitrogens with zero attached hydrogens (tertiary/aromatic N) is 3. The van der Waals surface area contributed by atoms with Crippen LogP contribution in [0.25, 0.3) is 22.0 Å². The SMILES string of the molecule is Cn1nc(Cl)c2c(-c3cnoc3N)cccc21. The van der Waals surface area contributed by atoms with E-state index in [1.54, 1.807) is 10.9 Å². The zero-order valence-corrected chi connectivity index (χ0v) is 9.77. The van der Waals surface area contributed by atoms with Crippen molar-refractivity contribution in [3.63, 3.8) is 0 Å². The Labute approximate surface area is 102 Å². The molecule has 17 heavy (non-hydrogen) atoms. The fourth-order valence-electron chi connectivity index (χ4n) is 1.94. The van der Waals surface area contributed by atoms with Crippen molar-refractivity contribution in [1.82, 2.24) is 14.9 Å². The number of hydrogen-bond acceptors (Lipinski definition) is 4. The second-order valence-corrected chi connectivity index (χ2v) is 4.08. The third-order valence-corrected chi connectivity index (χ3v) is 2.99. The summed E-state index contributed by atoms with van der Waals surface area (Å²) in [7, 11) is 1.84. The van der Waals surface area contributed by atoms with E-state index in [9.17, 15) is 0 Å². The van der Waals surface area contributed by atoms with E-state index in [0.29, 0.717) is 5.15 Å². The Balaban J connectivity index is 2.42. The van der Waals surface area contributed by atoms with Gasteiger partial charge in [-0.1, -0.05) is 28.9 Å². The Morgan fingerprint density at radius 3 is 2.88 bits per heavy atom. The molecule has 0 aliphatic carbocycles. The number of rotatable bonds is 1. The predicted octanol–water partition coefficient (Wildman–Crippen LogP) is 2.46. The van der Waals surface area contributed by atoms with Crippen LogP contribution < -0.4 is 5.73 Å². The molecule has 86 valence electrons. The second-order valence-electron chi connectivity index (χ2n) is 3.72. The Hall–Kier alpha value is -2.01. The fraction of sp³-hybridized carbons (Fsp3) is 0.0909. The molecule has 0 aliphatic heterocycles. The summed E-state index contributed by atoms with van der Waals surface area (Å²) in [6.45, 7) is 0. The van der Waals surface area contributed by atoms with Crippen molar-refractivity contribution in [3.8, 4) is 11.1 Å². The largest absolute Gasteiger partial charge is 0.367 e.